The van der Waals surface area contributed by atoms with Crippen molar-refractivity contribution in [3.05, 3.63) is 12.2 Å². The van der Waals surface area contributed by atoms with Crippen LogP contribution in [0, 0.1) is 0 Å². The van der Waals surface area contributed by atoms with Gasteiger partial charge in [-0.05, 0) is 26.2 Å². The van der Waals surface area contributed by atoms with Crippen LogP contribution in [0.1, 0.15) is 266 Å². The summed E-state index contributed by atoms with van der Waals surface area (Å²) < 4.78 is 72.5. The van der Waals surface area contributed by atoms with Gasteiger partial charge in [0.05, 0.1) is 57.9 Å². The van der Waals surface area contributed by atoms with E-state index in [1.165, 1.54) is 167 Å². The van der Waals surface area contributed by atoms with Gasteiger partial charge in [-0.25, -0.2) is 0 Å². The summed E-state index contributed by atoms with van der Waals surface area (Å²) in [7, 11) is 0. The van der Waals surface area contributed by atoms with Crippen molar-refractivity contribution in [3.8, 4) is 0 Å². The van der Waals surface area contributed by atoms with Gasteiger partial charge in [-0.2, -0.15) is 0 Å². The molecular formula is C84H153N3O32. The summed E-state index contributed by atoms with van der Waals surface area (Å²) in [6, 6.07) is -4.63. The molecule has 0 aliphatic carbocycles. The normalized spacial score (nSPS) is 35.7. The maximum absolute atomic E-state index is 13.6. The van der Waals surface area contributed by atoms with Crippen LogP contribution in [0.3, 0.4) is 0 Å². The lowest BCUT2D eigenvalue weighted by Gasteiger charge is -2.51. The molecule has 6 heterocycles. The number of aliphatic hydroxyl groups excluding tert-OH is 17. The Morgan fingerprint density at radius 1 is 0.345 bits per heavy atom. The zero-order chi connectivity index (χ0) is 86.9. The third-order valence-corrected chi connectivity index (χ3v) is 23.7. The number of rotatable bonds is 59. The van der Waals surface area contributed by atoms with E-state index < -0.39 is 248 Å². The molecule has 0 aromatic heterocycles. The van der Waals surface area contributed by atoms with E-state index in [2.05, 4.69) is 29.8 Å². The van der Waals surface area contributed by atoms with E-state index in [-0.39, 0.29) is 12.3 Å². The number of carbonyl (C=O) groups is 3. The van der Waals surface area contributed by atoms with E-state index >= 15 is 0 Å². The first kappa shape index (κ1) is 105. The standard InChI is InChI=1S/C84H153N3O32/c1-6-8-10-12-14-16-18-20-21-22-23-24-25-26-27-28-29-31-33-35-37-39-41-43-60(96)87-53(54(95)42-40-38-36-34-32-30-19-17-15-13-11-9-7-2)49-108-81-72(106)70(104)75(59(48-92)114-81)115-83-73(107)76(65(99)56(45-89)111-83)117-80-62(86-52(5)94)68(102)74(58(47-91)113-80)116-84-78(119-82-71(105)69(103)63(97)50(3)109-82)77(66(100)57(46-90)112-84)118-79-61(85-51(4)93)67(101)64(98)55(44-88)110-79/h40,42,50,53-59,61-84,88-92,95,97-107H,6-39,41,43-49H2,1-5H3,(H,85,93)(H,86,94)(H,87,96)/b42-40+/t50?,53-,54+,55?,56?,57?,58?,59?,61?,62?,63+,64-,65-,66-,67+,68+,69?,70+,71-,72?,73?,74+,75+,76-,77-,78?,79-,80-,81+,82+,83-,84-/m0/s1. The van der Waals surface area contributed by atoms with E-state index in [9.17, 15) is 101 Å². The van der Waals surface area contributed by atoms with E-state index in [4.69, 9.17) is 56.8 Å². The van der Waals surface area contributed by atoms with Crippen LogP contribution >= 0.6 is 0 Å². The molecule has 0 aromatic rings. The number of hydrogen-bond acceptors (Lipinski definition) is 32. The minimum absolute atomic E-state index is 0.175. The second-order valence-corrected chi connectivity index (χ2v) is 33.5. The second kappa shape index (κ2) is 57.6. The molecule has 0 spiro atoms. The molecular weight excluding hydrogens is 1560 g/mol. The van der Waals surface area contributed by atoms with Gasteiger partial charge in [0, 0.05) is 20.3 Å². The molecule has 35 heteroatoms. The third-order valence-electron chi connectivity index (χ3n) is 23.7. The summed E-state index contributed by atoms with van der Waals surface area (Å²) in [6.45, 7) is 2.32. The summed E-state index contributed by atoms with van der Waals surface area (Å²) in [5, 5.41) is 199. The summed E-state index contributed by atoms with van der Waals surface area (Å²) >= 11 is 0. The summed E-state index contributed by atoms with van der Waals surface area (Å²) in [5.74, 6) is -2.01. The molecule has 0 aromatic carbocycles. The smallest absolute Gasteiger partial charge is 0.220 e. The van der Waals surface area contributed by atoms with Crippen molar-refractivity contribution in [1.29, 1.82) is 0 Å². The Hall–Kier alpha value is -3.01. The second-order valence-electron chi connectivity index (χ2n) is 33.5. The lowest BCUT2D eigenvalue weighted by molar-refractivity contribution is -0.402. The molecule has 0 saturated carbocycles. The Morgan fingerprint density at radius 3 is 1.17 bits per heavy atom. The lowest BCUT2D eigenvalue weighted by atomic mass is 9.93. The van der Waals surface area contributed by atoms with Crippen LogP contribution < -0.4 is 16.0 Å². The molecule has 6 rings (SSSR count). The van der Waals surface area contributed by atoms with Crippen LogP contribution in [-0.4, -0.2) is 340 Å². The Balaban J connectivity index is 1.08. The van der Waals surface area contributed by atoms with Crippen molar-refractivity contribution >= 4 is 17.7 Å². The Morgan fingerprint density at radius 2 is 0.697 bits per heavy atom. The molecule has 12 unspecified atom stereocenters. The zero-order valence-corrected chi connectivity index (χ0v) is 71.1. The van der Waals surface area contributed by atoms with Gasteiger partial charge in [0.2, 0.25) is 17.7 Å². The van der Waals surface area contributed by atoms with Gasteiger partial charge >= 0.3 is 0 Å². The van der Waals surface area contributed by atoms with Crippen LogP contribution in [0.2, 0.25) is 0 Å². The van der Waals surface area contributed by atoms with Gasteiger partial charge < -0.3 is 160 Å². The van der Waals surface area contributed by atoms with Crippen molar-refractivity contribution in [3.63, 3.8) is 0 Å². The van der Waals surface area contributed by atoms with Crippen LogP contribution in [-0.2, 0) is 71.2 Å². The van der Waals surface area contributed by atoms with Gasteiger partial charge in [-0.1, -0.05) is 231 Å². The van der Waals surface area contributed by atoms with Crippen molar-refractivity contribution in [1.82, 2.24) is 16.0 Å². The van der Waals surface area contributed by atoms with E-state index in [1.807, 2.05) is 6.08 Å². The van der Waals surface area contributed by atoms with Crippen molar-refractivity contribution in [2.75, 3.05) is 39.6 Å². The summed E-state index contributed by atoms with van der Waals surface area (Å²) in [5.41, 5.74) is 0. The molecule has 6 saturated heterocycles. The highest BCUT2D eigenvalue weighted by Gasteiger charge is 2.59. The van der Waals surface area contributed by atoms with Crippen molar-refractivity contribution in [2.45, 2.75) is 462 Å². The van der Waals surface area contributed by atoms with Gasteiger partial charge in [-0.3, -0.25) is 14.4 Å². The van der Waals surface area contributed by atoms with Crippen molar-refractivity contribution in [2.24, 2.45) is 0 Å². The molecule has 6 aliphatic heterocycles. The maximum Gasteiger partial charge on any atom is 0.220 e. The van der Waals surface area contributed by atoms with Gasteiger partial charge in [0.1, 0.15) is 140 Å². The van der Waals surface area contributed by atoms with Crippen molar-refractivity contribution < 1.29 is 158 Å². The molecule has 0 bridgehead atoms. The predicted molar refractivity (Wildman–Crippen MR) is 429 cm³/mol. The molecule has 35 nitrogen and oxygen atoms in total. The number of nitrogens with one attached hydrogen (secondary N) is 3. The van der Waals surface area contributed by atoms with Gasteiger partial charge in [0.25, 0.3) is 0 Å². The average molecular weight is 1720 g/mol. The maximum atomic E-state index is 13.6. The predicted octanol–water partition coefficient (Wildman–Crippen LogP) is 1.72. The highest BCUT2D eigenvalue weighted by atomic mass is 16.8. The molecule has 32 atom stereocenters. The minimum atomic E-state index is -2.22. The molecule has 20 N–H and O–H groups in total. The molecule has 119 heavy (non-hydrogen) atoms. The first-order valence-electron chi connectivity index (χ1n) is 44.8. The zero-order valence-electron chi connectivity index (χ0n) is 71.1. The fourth-order valence-electron chi connectivity index (χ4n) is 16.4. The van der Waals surface area contributed by atoms with Crippen LogP contribution in [0.25, 0.3) is 0 Å². The Bertz CT molecular complexity index is 2730. The summed E-state index contributed by atoms with van der Waals surface area (Å²) in [6.07, 6.45) is -9.21. The largest absolute Gasteiger partial charge is 0.394 e. The highest BCUT2D eigenvalue weighted by Crippen LogP contribution is 2.39. The van der Waals surface area contributed by atoms with Crippen LogP contribution in [0.4, 0.5) is 0 Å². The average Bonchev–Trinajstić information content (AvgIpc) is 0.768. The quantitative estimate of drug-likeness (QED) is 0.0304. The SMILES string of the molecule is CCCCCCCCCCCCC/C=C/[C@@H](O)[C@H](CO[C@@H]1OC(CO)[C@@H](O[C@@H]2OC(CO)[C@H](O)[C@H](O[C@@H]3OC(CO)[C@@H](O[C@@H]4OC(CO)[C@H](O)[C@H](O[C@@H]5OC(CO)[C@H](O)[C@H](O)C5NC(C)=O)C4O[C@H]4OC(C)[C@@H](O)C(O)[C@@H]4O)[C@H](O)C3NC(C)=O)C2O)[C@H](O)C1O)NC(=O)CCCCCCCCCCCCCCCCCCCCCCCCC. The van der Waals surface area contributed by atoms with Crippen LogP contribution in [0.5, 0.6) is 0 Å². The summed E-state index contributed by atoms with van der Waals surface area (Å²) in [4.78, 5) is 39.2. The number of ether oxygens (including phenoxy) is 12. The fraction of sp³-hybridized carbons (Fsp3) is 0.940. The number of carbonyl (C=O) groups excluding carboxylic acids is 3. The highest BCUT2D eigenvalue weighted by molar-refractivity contribution is 5.76. The van der Waals surface area contributed by atoms with E-state index in [1.54, 1.807) is 6.08 Å². The number of amides is 3. The monoisotopic (exact) mass is 1720 g/mol. The first-order chi connectivity index (χ1) is 57.3. The molecule has 3 amide bonds. The Labute approximate surface area is 702 Å². The molecule has 0 radical (unpaired) electrons. The number of hydrogen-bond donors (Lipinski definition) is 20. The lowest BCUT2D eigenvalue weighted by Crippen LogP contribution is -2.71. The fourth-order valence-corrected chi connectivity index (χ4v) is 16.4. The number of allylic oxidation sites excluding steroid dienone is 1. The molecule has 6 aliphatic rings. The molecule has 6 fully saturated rings. The first-order valence-corrected chi connectivity index (χ1v) is 44.8. The van der Waals surface area contributed by atoms with E-state index in [0.717, 1.165) is 65.2 Å². The van der Waals surface area contributed by atoms with Crippen LogP contribution in [0.15, 0.2) is 12.2 Å². The number of aliphatic hydroxyl groups is 17. The number of unbranched alkanes of at least 4 members (excludes halogenated alkanes) is 33. The van der Waals surface area contributed by atoms with Gasteiger partial charge in [0.15, 0.2) is 37.7 Å². The van der Waals surface area contributed by atoms with E-state index in [0.29, 0.717) is 12.8 Å². The molecule has 696 valence electrons. The topological polar surface area (TPSA) is 542 Å². The third kappa shape index (κ3) is 33.9. The minimum Gasteiger partial charge on any atom is -0.394 e. The van der Waals surface area contributed by atoms with Gasteiger partial charge in [-0.15, -0.1) is 0 Å². The Kier molecular flexibility index (Phi) is 50.8.